The number of anilines is 2. The Morgan fingerprint density at radius 1 is 1.23 bits per heavy atom. The second kappa shape index (κ2) is 9.98. The molecule has 13 heteroatoms. The minimum atomic E-state index is -4.00. The van der Waals surface area contributed by atoms with Gasteiger partial charge in [-0.1, -0.05) is 25.4 Å². The van der Waals surface area contributed by atoms with Gasteiger partial charge in [0.25, 0.3) is 5.69 Å². The van der Waals surface area contributed by atoms with E-state index in [1.54, 1.807) is 13.8 Å². The number of non-ortho nitro benzene ring substituents is 1. The molecule has 0 saturated heterocycles. The number of halogens is 2. The highest BCUT2D eigenvalue weighted by Gasteiger charge is 2.27. The van der Waals surface area contributed by atoms with Crippen molar-refractivity contribution in [3.63, 3.8) is 0 Å². The van der Waals surface area contributed by atoms with Crippen molar-refractivity contribution in [1.29, 1.82) is 0 Å². The van der Waals surface area contributed by atoms with Gasteiger partial charge in [0.1, 0.15) is 10.7 Å². The Morgan fingerprint density at radius 2 is 1.90 bits per heavy atom. The van der Waals surface area contributed by atoms with E-state index in [1.165, 1.54) is 28.6 Å². The standard InChI is InChI=1S/C17H19ClFN5O4S2/c1-3-23(4-2)30(27,28)16-10-12(24(25)26)6-8-15(16)21-22-17(29)20-11-5-7-14(19)13(18)9-11/h5-10,21H,3-4H2,1-2H3,(H2,20,22,29). The van der Waals surface area contributed by atoms with Gasteiger partial charge in [0, 0.05) is 30.9 Å². The predicted molar refractivity (Wildman–Crippen MR) is 118 cm³/mol. The van der Waals surface area contributed by atoms with Gasteiger partial charge in [-0.15, -0.1) is 0 Å². The van der Waals surface area contributed by atoms with Crippen LogP contribution in [0.15, 0.2) is 41.3 Å². The molecule has 0 unspecified atom stereocenters. The minimum Gasteiger partial charge on any atom is -0.331 e. The highest BCUT2D eigenvalue weighted by Crippen LogP contribution is 2.28. The zero-order valence-electron chi connectivity index (χ0n) is 16.0. The van der Waals surface area contributed by atoms with E-state index in [2.05, 4.69) is 16.2 Å². The van der Waals surface area contributed by atoms with E-state index in [-0.39, 0.29) is 39.5 Å². The van der Waals surface area contributed by atoms with E-state index >= 15 is 0 Å². The Kier molecular flexibility index (Phi) is 7.89. The molecule has 0 bridgehead atoms. The van der Waals surface area contributed by atoms with E-state index < -0.39 is 20.8 Å². The second-order valence-electron chi connectivity index (χ2n) is 5.86. The number of hydrogen-bond acceptors (Lipinski definition) is 6. The van der Waals surface area contributed by atoms with Crippen LogP contribution in [0.4, 0.5) is 21.5 Å². The van der Waals surface area contributed by atoms with Gasteiger partial charge in [0.15, 0.2) is 5.11 Å². The zero-order chi connectivity index (χ0) is 22.5. The van der Waals surface area contributed by atoms with Gasteiger partial charge in [-0.25, -0.2) is 12.8 Å². The molecule has 2 rings (SSSR count). The smallest absolute Gasteiger partial charge is 0.270 e. The third-order valence-electron chi connectivity index (χ3n) is 3.99. The van der Waals surface area contributed by atoms with Crippen molar-refractivity contribution in [3.05, 3.63) is 57.4 Å². The average Bonchev–Trinajstić information content (AvgIpc) is 2.69. The Labute approximate surface area is 183 Å². The fourth-order valence-corrected chi connectivity index (χ4v) is 4.48. The van der Waals surface area contributed by atoms with Crippen molar-refractivity contribution >= 4 is 56.0 Å². The third kappa shape index (κ3) is 5.53. The molecule has 0 amide bonds. The van der Waals surface area contributed by atoms with Crippen LogP contribution < -0.4 is 16.2 Å². The number of rotatable bonds is 8. The van der Waals surface area contributed by atoms with Crippen LogP contribution in [0.25, 0.3) is 0 Å². The molecule has 0 fully saturated rings. The number of sulfonamides is 1. The lowest BCUT2D eigenvalue weighted by molar-refractivity contribution is -0.385. The molecule has 0 saturated carbocycles. The van der Waals surface area contributed by atoms with Gasteiger partial charge < -0.3 is 5.32 Å². The van der Waals surface area contributed by atoms with E-state index in [4.69, 9.17) is 23.8 Å². The summed E-state index contributed by atoms with van der Waals surface area (Å²) in [5.41, 5.74) is 5.34. The van der Waals surface area contributed by atoms with Crippen molar-refractivity contribution < 1.29 is 17.7 Å². The number of nitro benzene ring substituents is 1. The van der Waals surface area contributed by atoms with Crippen LogP contribution in [0.2, 0.25) is 5.02 Å². The Morgan fingerprint density at radius 3 is 2.47 bits per heavy atom. The maximum absolute atomic E-state index is 13.2. The lowest BCUT2D eigenvalue weighted by Gasteiger charge is -2.21. The molecule has 0 aromatic heterocycles. The summed E-state index contributed by atoms with van der Waals surface area (Å²) >= 11 is 10.8. The predicted octanol–water partition coefficient (Wildman–Crippen LogP) is 3.73. The van der Waals surface area contributed by atoms with Crippen molar-refractivity contribution in [2.45, 2.75) is 18.7 Å². The third-order valence-corrected chi connectivity index (χ3v) is 6.57. The van der Waals surface area contributed by atoms with Crippen LogP contribution in [-0.2, 0) is 10.0 Å². The van der Waals surface area contributed by atoms with Crippen LogP contribution >= 0.6 is 23.8 Å². The monoisotopic (exact) mass is 475 g/mol. The van der Waals surface area contributed by atoms with E-state index in [0.717, 1.165) is 12.1 Å². The maximum Gasteiger partial charge on any atom is 0.270 e. The van der Waals surface area contributed by atoms with Crippen LogP contribution in [0.3, 0.4) is 0 Å². The average molecular weight is 476 g/mol. The molecule has 162 valence electrons. The molecular weight excluding hydrogens is 457 g/mol. The van der Waals surface area contributed by atoms with Gasteiger partial charge in [-0.05, 0) is 36.5 Å². The highest BCUT2D eigenvalue weighted by atomic mass is 35.5. The molecule has 2 aromatic carbocycles. The molecule has 0 radical (unpaired) electrons. The number of hydrazine groups is 1. The molecule has 2 aromatic rings. The Bertz CT molecular complexity index is 1060. The number of thiocarbonyl (C=S) groups is 1. The number of benzene rings is 2. The second-order valence-corrected chi connectivity index (χ2v) is 8.58. The quantitative estimate of drug-likeness (QED) is 0.300. The molecule has 0 aliphatic heterocycles. The number of nitro groups is 1. The molecular formula is C17H19ClFN5O4S2. The molecule has 3 N–H and O–H groups in total. The molecule has 0 aliphatic rings. The van der Waals surface area contributed by atoms with Gasteiger partial charge in [-0.2, -0.15) is 4.31 Å². The van der Waals surface area contributed by atoms with E-state index in [9.17, 15) is 22.9 Å². The summed E-state index contributed by atoms with van der Waals surface area (Å²) in [6.07, 6.45) is 0. The van der Waals surface area contributed by atoms with E-state index in [0.29, 0.717) is 5.69 Å². The summed E-state index contributed by atoms with van der Waals surface area (Å²) < 4.78 is 40.3. The summed E-state index contributed by atoms with van der Waals surface area (Å²) in [5.74, 6) is -0.587. The van der Waals surface area contributed by atoms with Crippen LogP contribution in [0, 0.1) is 15.9 Å². The van der Waals surface area contributed by atoms with E-state index in [1.807, 2.05) is 0 Å². The van der Waals surface area contributed by atoms with Gasteiger partial charge in [0.2, 0.25) is 10.0 Å². The molecule has 30 heavy (non-hydrogen) atoms. The molecule has 9 nitrogen and oxygen atoms in total. The number of nitrogens with zero attached hydrogens (tertiary/aromatic N) is 2. The first-order valence-corrected chi connectivity index (χ1v) is 10.9. The summed E-state index contributed by atoms with van der Waals surface area (Å²) in [6, 6.07) is 7.31. The topological polar surface area (TPSA) is 117 Å². The summed E-state index contributed by atoms with van der Waals surface area (Å²) in [7, 11) is -4.00. The summed E-state index contributed by atoms with van der Waals surface area (Å²) in [6.45, 7) is 3.71. The van der Waals surface area contributed by atoms with Crippen LogP contribution in [0.1, 0.15) is 13.8 Å². The molecule has 0 atom stereocenters. The highest BCUT2D eigenvalue weighted by molar-refractivity contribution is 7.89. The number of nitrogens with one attached hydrogen (secondary N) is 3. The van der Waals surface area contributed by atoms with Crippen LogP contribution in [0.5, 0.6) is 0 Å². The first kappa shape index (κ1) is 23.7. The first-order valence-electron chi connectivity index (χ1n) is 8.66. The lowest BCUT2D eigenvalue weighted by Crippen LogP contribution is -2.35. The van der Waals surface area contributed by atoms with Crippen molar-refractivity contribution in [3.8, 4) is 0 Å². The molecule has 0 spiro atoms. The molecule has 0 aliphatic carbocycles. The summed E-state index contributed by atoms with van der Waals surface area (Å²) in [4.78, 5) is 10.2. The lowest BCUT2D eigenvalue weighted by atomic mass is 10.3. The van der Waals surface area contributed by atoms with Crippen molar-refractivity contribution in [2.24, 2.45) is 0 Å². The largest absolute Gasteiger partial charge is 0.331 e. The van der Waals surface area contributed by atoms with Crippen molar-refractivity contribution in [2.75, 3.05) is 23.8 Å². The Hall–Kier alpha value is -2.54. The normalized spacial score (nSPS) is 11.2. The van der Waals surface area contributed by atoms with Gasteiger partial charge in [-0.3, -0.25) is 21.0 Å². The number of hydrogen-bond donors (Lipinski definition) is 3. The van der Waals surface area contributed by atoms with Gasteiger partial charge in [0.05, 0.1) is 15.6 Å². The maximum atomic E-state index is 13.2. The summed E-state index contributed by atoms with van der Waals surface area (Å²) in [5, 5.41) is 13.8. The van der Waals surface area contributed by atoms with Gasteiger partial charge >= 0.3 is 0 Å². The zero-order valence-corrected chi connectivity index (χ0v) is 18.4. The van der Waals surface area contributed by atoms with Crippen molar-refractivity contribution in [1.82, 2.24) is 9.73 Å². The molecule has 0 heterocycles. The SMILES string of the molecule is CCN(CC)S(=O)(=O)c1cc([N+](=O)[O-])ccc1NNC(=S)Nc1ccc(F)c(Cl)c1. The fourth-order valence-electron chi connectivity index (χ4n) is 2.50. The fraction of sp³-hybridized carbons (Fsp3) is 0.235. The Balaban J connectivity index is 2.27. The van der Waals surface area contributed by atoms with Crippen LogP contribution in [-0.4, -0.2) is 35.8 Å². The minimum absolute atomic E-state index is 0.0298. The first-order chi connectivity index (χ1) is 14.1.